The van der Waals surface area contributed by atoms with Crippen molar-refractivity contribution in [3.8, 4) is 5.75 Å². The molecule has 0 radical (unpaired) electrons. The topological polar surface area (TPSA) is 45.8 Å². The summed E-state index contributed by atoms with van der Waals surface area (Å²) in [5.41, 5.74) is 6.50. The second-order valence-electron chi connectivity index (χ2n) is 6.95. The zero-order chi connectivity index (χ0) is 18.6. The summed E-state index contributed by atoms with van der Waals surface area (Å²) in [6.07, 6.45) is 0. The van der Waals surface area contributed by atoms with Crippen molar-refractivity contribution in [2.24, 2.45) is 0 Å². The van der Waals surface area contributed by atoms with Gasteiger partial charge in [0.1, 0.15) is 0 Å². The molecule has 0 unspecified atom stereocenters. The molecule has 130 valence electrons. The van der Waals surface area contributed by atoms with Gasteiger partial charge in [0.25, 0.3) is 11.2 Å². The third-order valence-corrected chi connectivity index (χ3v) is 4.82. The van der Waals surface area contributed by atoms with Gasteiger partial charge in [-0.3, -0.25) is 10.1 Å². The number of aryl methyl sites for hydroxylation is 4. The molecule has 26 heavy (non-hydrogen) atoms. The summed E-state index contributed by atoms with van der Waals surface area (Å²) < 4.78 is 3.14. The molecule has 4 nitrogen and oxygen atoms in total. The summed E-state index contributed by atoms with van der Waals surface area (Å²) in [5, 5.41) is 13.9. The van der Waals surface area contributed by atoms with Crippen LogP contribution in [0.3, 0.4) is 0 Å². The predicted octanol–water partition coefficient (Wildman–Crippen LogP) is 6.40. The third-order valence-electron chi connectivity index (χ3n) is 4.82. The Balaban J connectivity index is 2.31. The number of nitro groups is 1. The molecular weight excluding hydrogens is 326 g/mol. The van der Waals surface area contributed by atoms with E-state index in [9.17, 15) is 10.1 Å². The highest BCUT2D eigenvalue weighted by Gasteiger charge is 2.30. The average molecular weight is 346 g/mol. The third kappa shape index (κ3) is 2.30. The lowest BCUT2D eigenvalue weighted by atomic mass is 10.0. The fourth-order valence-electron chi connectivity index (χ4n) is 3.95. The molecular formula is C22H20NO3+. The molecule has 1 aromatic heterocycles. The first-order chi connectivity index (χ1) is 12.4. The first-order valence-electron chi connectivity index (χ1n) is 8.59. The Morgan fingerprint density at radius 2 is 1.31 bits per heavy atom. The van der Waals surface area contributed by atoms with Crippen molar-refractivity contribution < 1.29 is 8.97 Å². The van der Waals surface area contributed by atoms with Gasteiger partial charge in [-0.2, -0.15) is 0 Å². The number of furan rings is 1. The van der Waals surface area contributed by atoms with E-state index in [1.807, 2.05) is 6.07 Å². The molecule has 0 N–H and O–H groups in total. The van der Waals surface area contributed by atoms with Crippen LogP contribution in [0, 0.1) is 37.8 Å². The van der Waals surface area contributed by atoms with Crippen LogP contribution in [0.2, 0.25) is 0 Å². The number of fused-ring (bicyclic) bond motifs is 3. The summed E-state index contributed by atoms with van der Waals surface area (Å²) in [4.78, 5) is 11.3. The number of hydrogen-bond acceptors (Lipinski definition) is 2. The van der Waals surface area contributed by atoms with Crippen molar-refractivity contribution in [1.29, 1.82) is 0 Å². The van der Waals surface area contributed by atoms with Gasteiger partial charge in [-0.15, -0.1) is 0 Å². The van der Waals surface area contributed by atoms with Crippen molar-refractivity contribution in [2.75, 3.05) is 0 Å². The number of para-hydroxylation sites is 2. The summed E-state index contributed by atoms with van der Waals surface area (Å²) >= 11 is 0. The van der Waals surface area contributed by atoms with E-state index < -0.39 is 0 Å². The van der Waals surface area contributed by atoms with Crippen molar-refractivity contribution in [1.82, 2.24) is 0 Å². The molecule has 0 aliphatic carbocycles. The molecule has 4 aromatic rings. The normalized spacial score (nSPS) is 11.4. The minimum absolute atomic E-state index is 0.0799. The zero-order valence-corrected chi connectivity index (χ0v) is 15.3. The summed E-state index contributed by atoms with van der Waals surface area (Å²) in [6.45, 7) is 8.26. The molecule has 0 saturated carbocycles. The highest BCUT2D eigenvalue weighted by atomic mass is 16.6. The molecule has 0 saturated heterocycles. The van der Waals surface area contributed by atoms with Crippen molar-refractivity contribution in [2.45, 2.75) is 27.7 Å². The first kappa shape index (κ1) is 16.3. The van der Waals surface area contributed by atoms with Crippen LogP contribution in [0.5, 0.6) is 0 Å². The van der Waals surface area contributed by atoms with E-state index in [-0.39, 0.29) is 10.6 Å². The van der Waals surface area contributed by atoms with Gasteiger partial charge in [0.2, 0.25) is 0 Å². The minimum atomic E-state index is -0.326. The molecule has 0 bridgehead atoms. The number of benzene rings is 3. The molecule has 4 heteroatoms. The van der Waals surface area contributed by atoms with E-state index in [1.165, 1.54) is 11.1 Å². The van der Waals surface area contributed by atoms with Crippen molar-refractivity contribution >= 4 is 27.6 Å². The maximum atomic E-state index is 11.6. The molecule has 1 heterocycles. The second kappa shape index (κ2) is 5.70. The van der Waals surface area contributed by atoms with Crippen LogP contribution in [-0.2, 0) is 0 Å². The van der Waals surface area contributed by atoms with Gasteiger partial charge in [0, 0.05) is 23.3 Å². The van der Waals surface area contributed by atoms with Gasteiger partial charge in [-0.05, 0) is 63.1 Å². The lowest BCUT2D eigenvalue weighted by Crippen LogP contribution is -1.93. The molecule has 0 atom stereocenters. The highest BCUT2D eigenvalue weighted by Crippen LogP contribution is 2.44. The van der Waals surface area contributed by atoms with Crippen LogP contribution in [0.1, 0.15) is 22.3 Å². The standard InChI is InChI=1S/C22H20NO3/c1-13-9-15(3)21-17(11-13)18-12-14(2)10-16(4)22(18)26(21)20-8-6-5-7-19(20)23(24)25/h5-12H,1-4H3/q+1. The van der Waals surface area contributed by atoms with Crippen LogP contribution in [0.15, 0.2) is 52.6 Å². The molecule has 0 aliphatic heterocycles. The molecule has 0 amide bonds. The quantitative estimate of drug-likeness (QED) is 0.239. The Morgan fingerprint density at radius 3 is 1.81 bits per heavy atom. The van der Waals surface area contributed by atoms with Crippen molar-refractivity contribution in [3.63, 3.8) is 0 Å². The van der Waals surface area contributed by atoms with Gasteiger partial charge in [0.05, 0.1) is 15.7 Å². The Labute approximate surface area is 151 Å². The summed E-state index contributed by atoms with van der Waals surface area (Å²) in [5.74, 6) is 0.524. The van der Waals surface area contributed by atoms with E-state index in [2.05, 4.69) is 56.0 Å². The van der Waals surface area contributed by atoms with Crippen LogP contribution in [0.25, 0.3) is 27.7 Å². The number of rotatable bonds is 2. The van der Waals surface area contributed by atoms with E-state index >= 15 is 0 Å². The van der Waals surface area contributed by atoms with Gasteiger partial charge in [-0.1, -0.05) is 12.1 Å². The van der Waals surface area contributed by atoms with Crippen molar-refractivity contribution in [3.05, 3.63) is 80.9 Å². The fourth-order valence-corrected chi connectivity index (χ4v) is 3.95. The van der Waals surface area contributed by atoms with E-state index in [0.717, 1.165) is 33.1 Å². The van der Waals surface area contributed by atoms with E-state index in [0.29, 0.717) is 5.75 Å². The SMILES string of the molecule is Cc1cc(C)c2c(c1)c1cc(C)cc(C)c1[o+]2-c1ccccc1[N+](=O)[O-]. The average Bonchev–Trinajstić information content (AvgIpc) is 2.89. The van der Waals surface area contributed by atoms with Gasteiger partial charge in [-0.25, -0.2) is 0 Å². The largest absolute Gasteiger partial charge is 0.493 e. The molecule has 0 aliphatic rings. The fraction of sp³-hybridized carbons (Fsp3) is 0.182. The lowest BCUT2D eigenvalue weighted by Gasteiger charge is -2.08. The Kier molecular flexibility index (Phi) is 3.58. The summed E-state index contributed by atoms with van der Waals surface area (Å²) in [6, 6.07) is 15.4. The van der Waals surface area contributed by atoms with Crippen LogP contribution < -0.4 is 0 Å². The molecule has 3 aromatic carbocycles. The molecule has 0 spiro atoms. The number of hydrogen-bond donors (Lipinski definition) is 0. The van der Waals surface area contributed by atoms with Crippen LogP contribution in [-0.4, -0.2) is 4.92 Å². The maximum Gasteiger partial charge on any atom is 0.364 e. The smallest absolute Gasteiger partial charge is 0.364 e. The van der Waals surface area contributed by atoms with Gasteiger partial charge < -0.3 is 4.05 Å². The Morgan fingerprint density at radius 1 is 0.808 bits per heavy atom. The number of nitrogens with zero attached hydrogens (tertiary/aromatic N) is 1. The first-order valence-corrected chi connectivity index (χ1v) is 8.59. The second-order valence-corrected chi connectivity index (χ2v) is 6.95. The highest BCUT2D eigenvalue weighted by molar-refractivity contribution is 6.08. The summed E-state index contributed by atoms with van der Waals surface area (Å²) in [7, 11) is 0. The van der Waals surface area contributed by atoms with Gasteiger partial charge >= 0.3 is 11.4 Å². The monoisotopic (exact) mass is 346 g/mol. The van der Waals surface area contributed by atoms with E-state index in [1.54, 1.807) is 18.2 Å². The minimum Gasteiger partial charge on any atom is -0.493 e. The molecule has 4 rings (SSSR count). The van der Waals surface area contributed by atoms with Crippen LogP contribution >= 0.6 is 0 Å². The maximum absolute atomic E-state index is 11.6. The number of nitro benzene ring substituents is 1. The van der Waals surface area contributed by atoms with Crippen LogP contribution in [0.4, 0.5) is 5.69 Å². The lowest BCUT2D eigenvalue weighted by molar-refractivity contribution is -0.385. The van der Waals surface area contributed by atoms with Gasteiger partial charge in [0.15, 0.2) is 0 Å². The Hall–Kier alpha value is -3.14. The molecule has 0 fully saturated rings. The van der Waals surface area contributed by atoms with E-state index in [4.69, 9.17) is 0 Å². The Bertz CT molecular complexity index is 1140. The zero-order valence-electron chi connectivity index (χ0n) is 15.3. The predicted molar refractivity (Wildman–Crippen MR) is 105 cm³/mol.